The highest BCUT2D eigenvalue weighted by Gasteiger charge is 2.53. The highest BCUT2D eigenvalue weighted by molar-refractivity contribution is 7.93. The van der Waals surface area contributed by atoms with Gasteiger partial charge in [0.05, 0.1) is 10.9 Å². The van der Waals surface area contributed by atoms with Crippen LogP contribution in [-0.2, 0) is 10.0 Å². The number of nitrogens with one attached hydrogen (secondary N) is 3. The first-order chi connectivity index (χ1) is 19.0. The third-order valence-electron chi connectivity index (χ3n) is 8.58. The molecule has 4 aromatic rings. The number of nitrogens with zero attached hydrogens (tertiary/aromatic N) is 1. The van der Waals surface area contributed by atoms with Gasteiger partial charge in [0.15, 0.2) is 5.13 Å². The van der Waals surface area contributed by atoms with Gasteiger partial charge in [-0.2, -0.15) is 0 Å². The van der Waals surface area contributed by atoms with Crippen molar-refractivity contribution in [3.63, 3.8) is 0 Å². The molecule has 2 saturated carbocycles. The normalized spacial score (nSPS) is 24.9. The molecule has 7 rings (SSSR count). The number of amides is 1. The predicted octanol–water partition coefficient (Wildman–Crippen LogP) is 6.49. The maximum atomic E-state index is 13.3. The molecule has 0 spiro atoms. The zero-order valence-corrected chi connectivity index (χ0v) is 22.7. The lowest BCUT2D eigenvalue weighted by molar-refractivity contribution is 0.102. The van der Waals surface area contributed by atoms with Crippen molar-refractivity contribution in [2.75, 3.05) is 15.4 Å². The molecule has 3 aromatic carbocycles. The maximum Gasteiger partial charge on any atom is 0.263 e. The topological polar surface area (TPSA) is 100 Å². The fraction of sp³-hybridized carbons (Fsp3) is 0.267. The van der Waals surface area contributed by atoms with Gasteiger partial charge in [-0.15, -0.1) is 11.3 Å². The fourth-order valence-corrected chi connectivity index (χ4v) is 8.77. The average Bonchev–Trinajstić information content (AvgIpc) is 3.72. The molecule has 3 aliphatic rings. The molecule has 39 heavy (non-hydrogen) atoms. The van der Waals surface area contributed by atoms with Crippen molar-refractivity contribution in [2.45, 2.75) is 36.1 Å². The highest BCUT2D eigenvalue weighted by atomic mass is 32.2. The number of aromatic nitrogens is 1. The molecule has 2 aliphatic carbocycles. The predicted molar refractivity (Wildman–Crippen MR) is 154 cm³/mol. The van der Waals surface area contributed by atoms with Crippen LogP contribution in [0.3, 0.4) is 0 Å². The summed E-state index contributed by atoms with van der Waals surface area (Å²) >= 11 is 1.21. The third kappa shape index (κ3) is 4.39. The van der Waals surface area contributed by atoms with Crippen LogP contribution < -0.4 is 15.4 Å². The Kier molecular flexibility index (Phi) is 5.93. The molecular weight excluding hydrogens is 528 g/mol. The molecule has 0 unspecified atom stereocenters. The third-order valence-corrected chi connectivity index (χ3v) is 10.8. The molecule has 1 aliphatic heterocycles. The number of hydrogen-bond acceptors (Lipinski definition) is 6. The quantitative estimate of drug-likeness (QED) is 0.252. The van der Waals surface area contributed by atoms with E-state index in [2.05, 4.69) is 56.7 Å². The molecule has 3 N–H and O–H groups in total. The second-order valence-electron chi connectivity index (χ2n) is 10.7. The van der Waals surface area contributed by atoms with Crippen LogP contribution in [0, 0.1) is 17.8 Å². The van der Waals surface area contributed by atoms with E-state index in [0.29, 0.717) is 46.1 Å². The van der Waals surface area contributed by atoms with Crippen molar-refractivity contribution < 1.29 is 13.2 Å². The number of thiazole rings is 1. The highest BCUT2D eigenvalue weighted by Crippen LogP contribution is 2.63. The Morgan fingerprint density at radius 2 is 1.77 bits per heavy atom. The number of carbonyl (C=O) groups excluding carboxylic acids is 1. The number of anilines is 3. The molecule has 9 heteroatoms. The molecular formula is C30H28N4O3S2. The minimum atomic E-state index is -3.75. The summed E-state index contributed by atoms with van der Waals surface area (Å²) < 4.78 is 27.7. The summed E-state index contributed by atoms with van der Waals surface area (Å²) in [6.45, 7) is 0. The fourth-order valence-electron chi connectivity index (χ4n) is 6.99. The largest absolute Gasteiger partial charge is 0.378 e. The van der Waals surface area contributed by atoms with Gasteiger partial charge >= 0.3 is 0 Å². The molecule has 5 atom stereocenters. The van der Waals surface area contributed by atoms with Gasteiger partial charge in [-0.1, -0.05) is 30.3 Å². The molecule has 1 amide bonds. The summed E-state index contributed by atoms with van der Waals surface area (Å²) in [6.07, 6.45) is 5.35. The van der Waals surface area contributed by atoms with Gasteiger partial charge < -0.3 is 10.6 Å². The first kappa shape index (κ1) is 24.4. The summed E-state index contributed by atoms with van der Waals surface area (Å²) in [6, 6.07) is 23.2. The van der Waals surface area contributed by atoms with Crippen molar-refractivity contribution >= 4 is 43.8 Å². The van der Waals surface area contributed by atoms with Crippen molar-refractivity contribution in [3.8, 4) is 0 Å². The first-order valence-electron chi connectivity index (χ1n) is 13.3. The van der Waals surface area contributed by atoms with Gasteiger partial charge in [-0.05, 0) is 96.5 Å². The Morgan fingerprint density at radius 3 is 2.54 bits per heavy atom. The first-order valence-corrected chi connectivity index (χ1v) is 15.6. The van der Waals surface area contributed by atoms with Gasteiger partial charge in [0, 0.05) is 28.5 Å². The van der Waals surface area contributed by atoms with Crippen LogP contribution >= 0.6 is 11.3 Å². The molecule has 198 valence electrons. The zero-order valence-electron chi connectivity index (χ0n) is 21.1. The molecule has 7 nitrogen and oxygen atoms in total. The van der Waals surface area contributed by atoms with E-state index in [0.717, 1.165) is 5.69 Å². The Balaban J connectivity index is 1.12. The maximum absolute atomic E-state index is 13.3. The second kappa shape index (κ2) is 9.50. The number of fused-ring (bicyclic) bond motifs is 7. The number of benzene rings is 3. The number of sulfonamides is 1. The van der Waals surface area contributed by atoms with Crippen molar-refractivity contribution in [1.29, 1.82) is 0 Å². The van der Waals surface area contributed by atoms with Crippen LogP contribution in [0.2, 0.25) is 0 Å². The Labute approximate surface area is 231 Å². The molecule has 2 heterocycles. The Bertz CT molecular complexity index is 1620. The van der Waals surface area contributed by atoms with Crippen LogP contribution in [0.25, 0.3) is 0 Å². The smallest absolute Gasteiger partial charge is 0.263 e. The number of carbonyl (C=O) groups is 1. The lowest BCUT2D eigenvalue weighted by Crippen LogP contribution is -2.35. The van der Waals surface area contributed by atoms with Crippen molar-refractivity contribution in [2.24, 2.45) is 17.8 Å². The van der Waals surface area contributed by atoms with Gasteiger partial charge in [0.2, 0.25) is 0 Å². The van der Waals surface area contributed by atoms with Gasteiger partial charge in [-0.25, -0.2) is 13.4 Å². The lowest BCUT2D eigenvalue weighted by Gasteiger charge is -2.43. The summed E-state index contributed by atoms with van der Waals surface area (Å²) in [5.41, 5.74) is 4.85. The SMILES string of the molecule is O=C(Nc1ccc(S(=O)(=O)Nc2nccs2)cc1)c1ccc2c(c1)[C@@H]1[C@H]3CC[C@@H](C3)[C@@H]1[C@H](c1ccccc1)N2. The van der Waals surface area contributed by atoms with E-state index in [-0.39, 0.29) is 10.8 Å². The van der Waals surface area contributed by atoms with Crippen LogP contribution in [0.1, 0.15) is 52.7 Å². The summed E-state index contributed by atoms with van der Waals surface area (Å²) in [4.78, 5) is 17.3. The van der Waals surface area contributed by atoms with Crippen LogP contribution in [0.5, 0.6) is 0 Å². The van der Waals surface area contributed by atoms with E-state index in [4.69, 9.17) is 0 Å². The monoisotopic (exact) mass is 556 g/mol. The average molecular weight is 557 g/mol. The van der Waals surface area contributed by atoms with Gasteiger partial charge in [-0.3, -0.25) is 9.52 Å². The summed E-state index contributed by atoms with van der Waals surface area (Å²) in [7, 11) is -3.75. The Hall–Kier alpha value is -3.69. The van der Waals surface area contributed by atoms with E-state index >= 15 is 0 Å². The number of rotatable bonds is 6. The molecule has 0 radical (unpaired) electrons. The van der Waals surface area contributed by atoms with E-state index < -0.39 is 10.0 Å². The minimum Gasteiger partial charge on any atom is -0.378 e. The molecule has 0 saturated heterocycles. The summed E-state index contributed by atoms with van der Waals surface area (Å²) in [5, 5.41) is 8.76. The van der Waals surface area contributed by atoms with E-state index in [1.54, 1.807) is 17.5 Å². The van der Waals surface area contributed by atoms with E-state index in [1.807, 2.05) is 12.1 Å². The second-order valence-corrected chi connectivity index (χ2v) is 13.3. The molecule has 2 fully saturated rings. The van der Waals surface area contributed by atoms with Crippen LogP contribution in [0.15, 0.2) is 89.3 Å². The van der Waals surface area contributed by atoms with Crippen molar-refractivity contribution in [1.82, 2.24) is 4.98 Å². The van der Waals surface area contributed by atoms with Crippen LogP contribution in [0.4, 0.5) is 16.5 Å². The zero-order chi connectivity index (χ0) is 26.6. The standard InChI is InChI=1S/C30H28N4O3S2/c35-29(32-22-9-11-23(12-10-22)39(36,37)34-30-31-14-15-38-30)21-8-13-25-24(17-21)26-19-6-7-20(16-19)27(26)28(33-25)18-4-2-1-3-5-18/h1-5,8-15,17,19-20,26-28,33H,6-7,16H2,(H,31,34)(H,32,35)/t19-,20-,26-,27-,28-/m0/s1. The van der Waals surface area contributed by atoms with E-state index in [1.165, 1.54) is 60.1 Å². The minimum absolute atomic E-state index is 0.103. The van der Waals surface area contributed by atoms with Gasteiger partial charge in [0.1, 0.15) is 0 Å². The molecule has 1 aromatic heterocycles. The summed E-state index contributed by atoms with van der Waals surface area (Å²) in [5.74, 6) is 2.15. The lowest BCUT2D eigenvalue weighted by atomic mass is 9.68. The molecule has 2 bridgehead atoms. The van der Waals surface area contributed by atoms with Crippen molar-refractivity contribution in [3.05, 3.63) is 101 Å². The van der Waals surface area contributed by atoms with E-state index in [9.17, 15) is 13.2 Å². The van der Waals surface area contributed by atoms with Gasteiger partial charge in [0.25, 0.3) is 15.9 Å². The Morgan fingerprint density at radius 1 is 0.974 bits per heavy atom. The number of hydrogen-bond donors (Lipinski definition) is 3. The van der Waals surface area contributed by atoms with Crippen LogP contribution in [-0.4, -0.2) is 19.3 Å².